The Labute approximate surface area is 222 Å². The highest BCUT2D eigenvalue weighted by atomic mass is 35.5. The average Bonchev–Trinajstić information content (AvgIpc) is 2.95. The van der Waals surface area contributed by atoms with E-state index in [9.17, 15) is 0 Å². The van der Waals surface area contributed by atoms with Gasteiger partial charge in [0, 0.05) is 48.4 Å². The normalized spacial score (nSPS) is 10.9. The second kappa shape index (κ2) is 9.90. The van der Waals surface area contributed by atoms with Crippen molar-refractivity contribution >= 4 is 56.5 Å². The van der Waals surface area contributed by atoms with Gasteiger partial charge in [-0.2, -0.15) is 5.26 Å². The van der Waals surface area contributed by atoms with E-state index in [-0.39, 0.29) is 0 Å². The summed E-state index contributed by atoms with van der Waals surface area (Å²) in [6.07, 6.45) is 1.78. The number of pyridine rings is 1. The molecule has 6 rings (SSSR count). The van der Waals surface area contributed by atoms with E-state index in [1.54, 1.807) is 18.0 Å². The molecule has 2 heterocycles. The quantitative estimate of drug-likeness (QED) is 0.249. The predicted octanol–water partition coefficient (Wildman–Crippen LogP) is 8.26. The van der Waals surface area contributed by atoms with E-state index < -0.39 is 0 Å². The first kappa shape index (κ1) is 23.0. The lowest BCUT2D eigenvalue weighted by Gasteiger charge is -2.12. The molecule has 0 atom stereocenters. The van der Waals surface area contributed by atoms with Crippen LogP contribution >= 0.6 is 23.4 Å². The second-order valence-corrected chi connectivity index (χ2v) is 9.91. The molecule has 0 saturated carbocycles. The smallest absolute Gasteiger partial charge is 0.161 e. The van der Waals surface area contributed by atoms with Crippen molar-refractivity contribution in [1.29, 1.82) is 5.26 Å². The largest absolute Gasteiger partial charge is 0.338 e. The Morgan fingerprint density at radius 3 is 2.35 bits per heavy atom. The van der Waals surface area contributed by atoms with Gasteiger partial charge < -0.3 is 5.32 Å². The number of nitrogens with zero attached hydrogens (tertiary/aromatic N) is 4. The van der Waals surface area contributed by atoms with E-state index >= 15 is 0 Å². The maximum Gasteiger partial charge on any atom is 0.161 e. The fourth-order valence-corrected chi connectivity index (χ4v) is 5.23. The van der Waals surface area contributed by atoms with E-state index in [0.717, 1.165) is 48.4 Å². The van der Waals surface area contributed by atoms with Crippen molar-refractivity contribution in [2.45, 2.75) is 9.79 Å². The first-order valence-corrected chi connectivity index (χ1v) is 12.7. The Morgan fingerprint density at radius 2 is 1.57 bits per heavy atom. The Kier molecular flexibility index (Phi) is 6.15. The molecule has 0 amide bonds. The number of rotatable bonds is 5. The third kappa shape index (κ3) is 4.70. The van der Waals surface area contributed by atoms with Gasteiger partial charge >= 0.3 is 0 Å². The predicted molar refractivity (Wildman–Crippen MR) is 150 cm³/mol. The van der Waals surface area contributed by atoms with Crippen molar-refractivity contribution in [3.05, 3.63) is 114 Å². The molecule has 0 aliphatic heterocycles. The van der Waals surface area contributed by atoms with Crippen LogP contribution in [0.2, 0.25) is 5.02 Å². The van der Waals surface area contributed by atoms with Gasteiger partial charge in [0.1, 0.15) is 5.69 Å². The van der Waals surface area contributed by atoms with Crippen molar-refractivity contribution in [2.24, 2.45) is 0 Å². The molecule has 0 unspecified atom stereocenters. The number of benzene rings is 4. The van der Waals surface area contributed by atoms with Crippen LogP contribution < -0.4 is 5.32 Å². The minimum atomic E-state index is 0.606. The van der Waals surface area contributed by atoms with Gasteiger partial charge in [0.25, 0.3) is 0 Å². The molecule has 6 aromatic rings. The van der Waals surface area contributed by atoms with Gasteiger partial charge in [0.15, 0.2) is 5.82 Å². The fourth-order valence-electron chi connectivity index (χ4n) is 4.17. The SMILES string of the molecule is N#Cc1ccc2c(Sc3ccc(Nc4nnc(-c5ccc(Cl)cc5)c5ccccc45)cc3)ccnc2c1. The van der Waals surface area contributed by atoms with Crippen LogP contribution in [-0.2, 0) is 0 Å². The minimum Gasteiger partial charge on any atom is -0.338 e. The van der Waals surface area contributed by atoms with Crippen LogP contribution in [0, 0.1) is 11.3 Å². The monoisotopic (exact) mass is 515 g/mol. The molecular formula is C30H18ClN5S. The topological polar surface area (TPSA) is 74.5 Å². The number of anilines is 2. The van der Waals surface area contributed by atoms with Gasteiger partial charge in [-0.3, -0.25) is 4.98 Å². The number of hydrogen-bond donors (Lipinski definition) is 1. The molecule has 1 N–H and O–H groups in total. The zero-order valence-corrected chi connectivity index (χ0v) is 21.0. The van der Waals surface area contributed by atoms with E-state index in [4.69, 9.17) is 16.9 Å². The standard InChI is InChI=1S/C30H18ClN5S/c31-21-8-6-20(7-9-21)29-24-3-1-2-4-25(24)30(36-35-29)34-22-10-12-23(13-11-22)37-28-15-16-33-27-17-19(18-32)5-14-26(27)28/h1-17H,(H,34,36). The van der Waals surface area contributed by atoms with Crippen molar-refractivity contribution in [3.63, 3.8) is 0 Å². The lowest BCUT2D eigenvalue weighted by molar-refractivity contribution is 1.06. The van der Waals surface area contributed by atoms with E-state index in [2.05, 4.69) is 44.8 Å². The molecule has 5 nitrogen and oxygen atoms in total. The van der Waals surface area contributed by atoms with Crippen LogP contribution in [0.25, 0.3) is 32.9 Å². The molecule has 0 fully saturated rings. The summed E-state index contributed by atoms with van der Waals surface area (Å²) in [5, 5.41) is 25.3. The fraction of sp³-hybridized carbons (Fsp3) is 0. The van der Waals surface area contributed by atoms with Crippen LogP contribution in [0.5, 0.6) is 0 Å². The summed E-state index contributed by atoms with van der Waals surface area (Å²) in [6.45, 7) is 0. The van der Waals surface area contributed by atoms with Crippen molar-refractivity contribution in [3.8, 4) is 17.3 Å². The van der Waals surface area contributed by atoms with Crippen molar-refractivity contribution in [2.75, 3.05) is 5.32 Å². The lowest BCUT2D eigenvalue weighted by atomic mass is 10.0. The van der Waals surface area contributed by atoms with Gasteiger partial charge in [-0.15, -0.1) is 10.2 Å². The first-order valence-electron chi connectivity index (χ1n) is 11.5. The molecule has 0 spiro atoms. The van der Waals surface area contributed by atoms with Gasteiger partial charge in [0.2, 0.25) is 0 Å². The zero-order valence-electron chi connectivity index (χ0n) is 19.4. The van der Waals surface area contributed by atoms with Gasteiger partial charge in [-0.1, -0.05) is 65.8 Å². The molecule has 37 heavy (non-hydrogen) atoms. The molecule has 0 aliphatic rings. The molecule has 7 heteroatoms. The number of nitrogens with one attached hydrogen (secondary N) is 1. The molecule has 2 aromatic heterocycles. The third-order valence-corrected chi connectivity index (χ3v) is 7.32. The summed E-state index contributed by atoms with van der Waals surface area (Å²) in [5.74, 6) is 0.696. The van der Waals surface area contributed by atoms with Crippen molar-refractivity contribution < 1.29 is 0 Å². The molecule has 0 aliphatic carbocycles. The lowest BCUT2D eigenvalue weighted by Crippen LogP contribution is -1.99. The Morgan fingerprint density at radius 1 is 0.784 bits per heavy atom. The Hall–Kier alpha value is -4.44. The number of aromatic nitrogens is 3. The summed E-state index contributed by atoms with van der Waals surface area (Å²) in [7, 11) is 0. The van der Waals surface area contributed by atoms with Gasteiger partial charge in [-0.25, -0.2) is 0 Å². The molecular weight excluding hydrogens is 498 g/mol. The minimum absolute atomic E-state index is 0.606. The summed E-state index contributed by atoms with van der Waals surface area (Å²) >= 11 is 7.73. The number of fused-ring (bicyclic) bond motifs is 2. The van der Waals surface area contributed by atoms with Crippen LogP contribution in [0.15, 0.2) is 113 Å². The van der Waals surface area contributed by atoms with Crippen LogP contribution in [0.3, 0.4) is 0 Å². The summed E-state index contributed by atoms with van der Waals surface area (Å²) in [4.78, 5) is 6.60. The summed E-state index contributed by atoms with van der Waals surface area (Å²) in [6, 6.07) is 33.7. The van der Waals surface area contributed by atoms with E-state index in [0.29, 0.717) is 16.4 Å². The maximum absolute atomic E-state index is 9.16. The average molecular weight is 516 g/mol. The number of nitriles is 1. The van der Waals surface area contributed by atoms with Gasteiger partial charge in [-0.05, 0) is 54.6 Å². The van der Waals surface area contributed by atoms with Crippen LogP contribution in [-0.4, -0.2) is 15.2 Å². The van der Waals surface area contributed by atoms with Crippen LogP contribution in [0.4, 0.5) is 11.5 Å². The van der Waals surface area contributed by atoms with E-state index in [1.807, 2.05) is 78.9 Å². The zero-order chi connectivity index (χ0) is 25.2. The first-order chi connectivity index (χ1) is 18.2. The highest BCUT2D eigenvalue weighted by molar-refractivity contribution is 7.99. The molecule has 0 saturated heterocycles. The molecule has 176 valence electrons. The van der Waals surface area contributed by atoms with Crippen molar-refractivity contribution in [1.82, 2.24) is 15.2 Å². The van der Waals surface area contributed by atoms with E-state index in [1.165, 1.54) is 0 Å². The molecule has 0 bridgehead atoms. The number of halogens is 1. The maximum atomic E-state index is 9.16. The molecule has 4 aromatic carbocycles. The van der Waals surface area contributed by atoms with Crippen LogP contribution in [0.1, 0.15) is 5.56 Å². The second-order valence-electron chi connectivity index (χ2n) is 8.35. The summed E-state index contributed by atoms with van der Waals surface area (Å²) < 4.78 is 0. The molecule has 0 radical (unpaired) electrons. The number of hydrogen-bond acceptors (Lipinski definition) is 6. The summed E-state index contributed by atoms with van der Waals surface area (Å²) in [5.41, 5.74) is 4.12. The highest BCUT2D eigenvalue weighted by Crippen LogP contribution is 2.35. The Balaban J connectivity index is 1.26. The highest BCUT2D eigenvalue weighted by Gasteiger charge is 2.12. The Bertz CT molecular complexity index is 1800. The van der Waals surface area contributed by atoms with Gasteiger partial charge in [0.05, 0.1) is 17.1 Å². The third-order valence-electron chi connectivity index (χ3n) is 5.98.